The van der Waals surface area contributed by atoms with Gasteiger partial charge < -0.3 is 9.47 Å². The predicted octanol–water partition coefficient (Wildman–Crippen LogP) is 3.08. The number of hydrogen-bond acceptors (Lipinski definition) is 3. The summed E-state index contributed by atoms with van der Waals surface area (Å²) in [6.07, 6.45) is 3.64. The molecule has 2 fully saturated rings. The molecule has 1 saturated carbocycles. The van der Waals surface area contributed by atoms with Crippen molar-refractivity contribution in [2.75, 3.05) is 20.3 Å². The van der Waals surface area contributed by atoms with Crippen molar-refractivity contribution in [1.82, 2.24) is 4.90 Å². The van der Waals surface area contributed by atoms with Crippen molar-refractivity contribution < 1.29 is 18.3 Å². The molecule has 0 N–H and O–H groups in total. The highest BCUT2D eigenvalue weighted by Crippen LogP contribution is 2.37. The van der Waals surface area contributed by atoms with Crippen molar-refractivity contribution >= 4 is 0 Å². The van der Waals surface area contributed by atoms with Crippen LogP contribution in [0.15, 0.2) is 18.2 Å². The molecule has 3 rings (SSSR count). The van der Waals surface area contributed by atoms with Gasteiger partial charge in [-0.05, 0) is 26.0 Å². The minimum atomic E-state index is -0.781. The molecule has 0 amide bonds. The molecule has 1 saturated heterocycles. The summed E-state index contributed by atoms with van der Waals surface area (Å²) in [7, 11) is 1.96. The first-order chi connectivity index (χ1) is 10.1. The van der Waals surface area contributed by atoms with E-state index in [-0.39, 0.29) is 5.79 Å². The third-order valence-electron chi connectivity index (χ3n) is 4.61. The van der Waals surface area contributed by atoms with E-state index in [2.05, 4.69) is 4.90 Å². The van der Waals surface area contributed by atoms with Crippen LogP contribution in [-0.4, -0.2) is 37.0 Å². The third-order valence-corrected chi connectivity index (χ3v) is 4.61. The Hall–Kier alpha value is -1.04. The van der Waals surface area contributed by atoms with Gasteiger partial charge in [0.1, 0.15) is 0 Å². The van der Waals surface area contributed by atoms with E-state index < -0.39 is 11.6 Å². The van der Waals surface area contributed by atoms with Gasteiger partial charge in [-0.1, -0.05) is 12.1 Å². The van der Waals surface area contributed by atoms with Gasteiger partial charge in [0.05, 0.1) is 13.2 Å². The largest absolute Gasteiger partial charge is 0.348 e. The zero-order valence-electron chi connectivity index (χ0n) is 12.3. The highest BCUT2D eigenvalue weighted by Gasteiger charge is 2.41. The molecule has 0 bridgehead atoms. The number of ether oxygens (including phenoxy) is 2. The van der Waals surface area contributed by atoms with Crippen molar-refractivity contribution in [2.45, 2.75) is 44.1 Å². The Balaban J connectivity index is 1.59. The Bertz CT molecular complexity index is 493. The van der Waals surface area contributed by atoms with Crippen LogP contribution in [-0.2, 0) is 16.0 Å². The Labute approximate surface area is 123 Å². The zero-order chi connectivity index (χ0) is 14.9. The summed E-state index contributed by atoms with van der Waals surface area (Å²) in [6.45, 7) is 1.77. The Morgan fingerprint density at radius 3 is 2.52 bits per heavy atom. The molecule has 1 spiro atoms. The van der Waals surface area contributed by atoms with Gasteiger partial charge >= 0.3 is 0 Å². The SMILES string of the molecule is CN(Cc1cccc(F)c1F)C1CCC2(CC1)OCCO2. The van der Waals surface area contributed by atoms with E-state index in [0.29, 0.717) is 31.4 Å². The van der Waals surface area contributed by atoms with Crippen LogP contribution in [0.3, 0.4) is 0 Å². The van der Waals surface area contributed by atoms with Crippen LogP contribution in [0.4, 0.5) is 8.78 Å². The van der Waals surface area contributed by atoms with Crippen molar-refractivity contribution in [2.24, 2.45) is 0 Å². The highest BCUT2D eigenvalue weighted by atomic mass is 19.2. The highest BCUT2D eigenvalue weighted by molar-refractivity contribution is 5.18. The summed E-state index contributed by atoms with van der Waals surface area (Å²) in [5.74, 6) is -1.89. The third kappa shape index (κ3) is 3.10. The van der Waals surface area contributed by atoms with Crippen LogP contribution < -0.4 is 0 Å². The lowest BCUT2D eigenvalue weighted by atomic mass is 9.89. The maximum absolute atomic E-state index is 13.7. The number of nitrogens with zero attached hydrogens (tertiary/aromatic N) is 1. The second-order valence-electron chi connectivity index (χ2n) is 5.97. The van der Waals surface area contributed by atoms with Crippen molar-refractivity contribution in [3.8, 4) is 0 Å². The fraction of sp³-hybridized carbons (Fsp3) is 0.625. The summed E-state index contributed by atoms with van der Waals surface area (Å²) in [4.78, 5) is 2.10. The summed E-state index contributed by atoms with van der Waals surface area (Å²) >= 11 is 0. The first-order valence-corrected chi connectivity index (χ1v) is 7.51. The molecular weight excluding hydrogens is 276 g/mol. The van der Waals surface area contributed by atoms with Crippen LogP contribution in [0.1, 0.15) is 31.2 Å². The molecule has 116 valence electrons. The van der Waals surface area contributed by atoms with Crippen LogP contribution in [0.2, 0.25) is 0 Å². The molecule has 0 atom stereocenters. The smallest absolute Gasteiger partial charge is 0.168 e. The van der Waals surface area contributed by atoms with E-state index in [0.717, 1.165) is 31.7 Å². The average molecular weight is 297 g/mol. The molecule has 21 heavy (non-hydrogen) atoms. The standard InChI is InChI=1S/C16H21F2NO2/c1-19(11-12-3-2-4-14(17)15(12)18)13-5-7-16(8-6-13)20-9-10-21-16/h2-4,13H,5-11H2,1H3. The maximum Gasteiger partial charge on any atom is 0.168 e. The predicted molar refractivity (Wildman–Crippen MR) is 74.7 cm³/mol. The fourth-order valence-corrected chi connectivity index (χ4v) is 3.34. The molecule has 1 heterocycles. The number of halogens is 2. The molecule has 0 radical (unpaired) electrons. The topological polar surface area (TPSA) is 21.7 Å². The van der Waals surface area contributed by atoms with Crippen molar-refractivity contribution in [3.05, 3.63) is 35.4 Å². The van der Waals surface area contributed by atoms with Gasteiger partial charge in [-0.25, -0.2) is 8.78 Å². The molecular formula is C16H21F2NO2. The van der Waals surface area contributed by atoms with E-state index in [1.807, 2.05) is 7.05 Å². The Morgan fingerprint density at radius 2 is 1.86 bits per heavy atom. The number of rotatable bonds is 3. The van der Waals surface area contributed by atoms with Crippen LogP contribution in [0.5, 0.6) is 0 Å². The second-order valence-corrected chi connectivity index (χ2v) is 5.97. The van der Waals surface area contributed by atoms with Gasteiger partial charge in [0.25, 0.3) is 0 Å². The van der Waals surface area contributed by atoms with Gasteiger partial charge in [0.2, 0.25) is 0 Å². The molecule has 0 aromatic heterocycles. The zero-order valence-corrected chi connectivity index (χ0v) is 12.3. The molecule has 1 aromatic carbocycles. The van der Waals surface area contributed by atoms with Crippen LogP contribution >= 0.6 is 0 Å². The summed E-state index contributed by atoms with van der Waals surface area (Å²) in [6, 6.07) is 4.70. The van der Waals surface area contributed by atoms with E-state index in [1.165, 1.54) is 0 Å². The first-order valence-electron chi connectivity index (χ1n) is 7.51. The molecule has 1 aliphatic heterocycles. The summed E-state index contributed by atoms with van der Waals surface area (Å²) in [5, 5.41) is 0. The lowest BCUT2D eigenvalue weighted by molar-refractivity contribution is -0.183. The van der Waals surface area contributed by atoms with Crippen LogP contribution in [0, 0.1) is 11.6 Å². The van der Waals surface area contributed by atoms with Gasteiger partial charge in [0, 0.05) is 31.0 Å². The minimum Gasteiger partial charge on any atom is -0.348 e. The summed E-state index contributed by atoms with van der Waals surface area (Å²) < 4.78 is 38.4. The molecule has 0 unspecified atom stereocenters. The van der Waals surface area contributed by atoms with E-state index in [4.69, 9.17) is 9.47 Å². The van der Waals surface area contributed by atoms with E-state index >= 15 is 0 Å². The van der Waals surface area contributed by atoms with E-state index in [1.54, 1.807) is 12.1 Å². The summed E-state index contributed by atoms with van der Waals surface area (Å²) in [5.41, 5.74) is 0.408. The number of benzene rings is 1. The first kappa shape index (κ1) is 14.9. The lowest BCUT2D eigenvalue weighted by Crippen LogP contribution is -2.42. The van der Waals surface area contributed by atoms with Gasteiger partial charge in [-0.2, -0.15) is 0 Å². The number of hydrogen-bond donors (Lipinski definition) is 0. The molecule has 5 heteroatoms. The maximum atomic E-state index is 13.7. The molecule has 3 nitrogen and oxygen atoms in total. The van der Waals surface area contributed by atoms with Gasteiger partial charge in [-0.15, -0.1) is 0 Å². The van der Waals surface area contributed by atoms with Crippen molar-refractivity contribution in [3.63, 3.8) is 0 Å². The normalized spacial score (nSPS) is 22.3. The fourth-order valence-electron chi connectivity index (χ4n) is 3.34. The minimum absolute atomic E-state index is 0.353. The molecule has 1 aromatic rings. The van der Waals surface area contributed by atoms with E-state index in [9.17, 15) is 8.78 Å². The molecule has 2 aliphatic rings. The Morgan fingerprint density at radius 1 is 1.19 bits per heavy atom. The molecule has 1 aliphatic carbocycles. The monoisotopic (exact) mass is 297 g/mol. The average Bonchev–Trinajstić information content (AvgIpc) is 2.93. The quantitative estimate of drug-likeness (QED) is 0.856. The van der Waals surface area contributed by atoms with Gasteiger partial charge in [0.15, 0.2) is 17.4 Å². The lowest BCUT2D eigenvalue weighted by Gasteiger charge is -2.39. The van der Waals surface area contributed by atoms with Gasteiger partial charge in [-0.3, -0.25) is 4.90 Å². The van der Waals surface area contributed by atoms with Crippen LogP contribution in [0.25, 0.3) is 0 Å². The van der Waals surface area contributed by atoms with Crippen molar-refractivity contribution in [1.29, 1.82) is 0 Å². The second kappa shape index (κ2) is 5.99. The Kier molecular flexibility index (Phi) is 4.24.